The third-order valence-corrected chi connectivity index (χ3v) is 2.66. The largest absolute Gasteiger partial charge is 0.390 e. The summed E-state index contributed by atoms with van der Waals surface area (Å²) in [5, 5.41) is 13.2. The standard InChI is InChI=1S/C10H18N4O/c15-10(8-14-6-3-12-9-14)7-13-4-1-11-2-5-13/h3,6,9-11,15H,1-2,4-5,7-8H2/t10-/m0/s1. The van der Waals surface area contributed by atoms with Gasteiger partial charge < -0.3 is 15.0 Å². The summed E-state index contributed by atoms with van der Waals surface area (Å²) >= 11 is 0. The first-order valence-corrected chi connectivity index (χ1v) is 5.41. The van der Waals surface area contributed by atoms with Crippen molar-refractivity contribution in [3.8, 4) is 0 Å². The monoisotopic (exact) mass is 210 g/mol. The molecule has 15 heavy (non-hydrogen) atoms. The van der Waals surface area contributed by atoms with Gasteiger partial charge in [0.15, 0.2) is 0 Å². The molecule has 0 saturated carbocycles. The van der Waals surface area contributed by atoms with Gasteiger partial charge in [-0.15, -0.1) is 0 Å². The van der Waals surface area contributed by atoms with E-state index in [0.29, 0.717) is 6.54 Å². The number of rotatable bonds is 4. The lowest BCUT2D eigenvalue weighted by molar-refractivity contribution is 0.0917. The quantitative estimate of drug-likeness (QED) is 0.679. The maximum absolute atomic E-state index is 9.86. The number of aromatic nitrogens is 2. The molecule has 5 heteroatoms. The number of hydrogen-bond acceptors (Lipinski definition) is 4. The number of nitrogens with one attached hydrogen (secondary N) is 1. The molecular weight excluding hydrogens is 192 g/mol. The Morgan fingerprint density at radius 2 is 2.13 bits per heavy atom. The van der Waals surface area contributed by atoms with Crippen LogP contribution in [0.15, 0.2) is 18.7 Å². The third kappa shape index (κ3) is 3.30. The van der Waals surface area contributed by atoms with Gasteiger partial charge in [0.2, 0.25) is 0 Å². The molecular formula is C10H18N4O. The van der Waals surface area contributed by atoms with Crippen LogP contribution in [0.1, 0.15) is 0 Å². The molecule has 5 nitrogen and oxygen atoms in total. The lowest BCUT2D eigenvalue weighted by Gasteiger charge is -2.29. The maximum Gasteiger partial charge on any atom is 0.0946 e. The number of β-amino-alcohol motifs (C(OH)–C–C–N with tert-alkyl or cyclic N) is 1. The molecule has 0 aliphatic carbocycles. The summed E-state index contributed by atoms with van der Waals surface area (Å²) in [6, 6.07) is 0. The third-order valence-electron chi connectivity index (χ3n) is 2.66. The van der Waals surface area contributed by atoms with E-state index in [1.807, 2.05) is 10.8 Å². The Morgan fingerprint density at radius 1 is 1.33 bits per heavy atom. The van der Waals surface area contributed by atoms with Gasteiger partial charge in [0.1, 0.15) is 0 Å². The molecule has 2 heterocycles. The first kappa shape index (κ1) is 10.6. The summed E-state index contributed by atoms with van der Waals surface area (Å²) in [7, 11) is 0. The average Bonchev–Trinajstić information content (AvgIpc) is 2.71. The van der Waals surface area contributed by atoms with Gasteiger partial charge >= 0.3 is 0 Å². The Kier molecular flexibility index (Phi) is 3.71. The number of aliphatic hydroxyl groups excluding tert-OH is 1. The molecule has 1 aromatic heterocycles. The average molecular weight is 210 g/mol. The highest BCUT2D eigenvalue weighted by Crippen LogP contribution is 1.98. The predicted octanol–water partition coefficient (Wildman–Crippen LogP) is -0.851. The van der Waals surface area contributed by atoms with E-state index in [2.05, 4.69) is 15.2 Å². The topological polar surface area (TPSA) is 53.3 Å². The normalized spacial score (nSPS) is 20.3. The van der Waals surface area contributed by atoms with Crippen LogP contribution in [0.4, 0.5) is 0 Å². The molecule has 1 aliphatic rings. The van der Waals surface area contributed by atoms with Gasteiger partial charge in [-0.2, -0.15) is 0 Å². The molecule has 1 aliphatic heterocycles. The molecule has 0 aromatic carbocycles. The highest BCUT2D eigenvalue weighted by Gasteiger charge is 2.14. The molecule has 0 radical (unpaired) electrons. The van der Waals surface area contributed by atoms with Gasteiger partial charge in [0, 0.05) is 45.1 Å². The molecule has 1 saturated heterocycles. The molecule has 2 N–H and O–H groups in total. The van der Waals surface area contributed by atoms with Gasteiger partial charge in [-0.05, 0) is 0 Å². The van der Waals surface area contributed by atoms with E-state index < -0.39 is 0 Å². The van der Waals surface area contributed by atoms with Crippen LogP contribution < -0.4 is 5.32 Å². The van der Waals surface area contributed by atoms with Crippen LogP contribution >= 0.6 is 0 Å². The second-order valence-electron chi connectivity index (χ2n) is 3.96. The number of imidazole rings is 1. The Labute approximate surface area is 89.7 Å². The van der Waals surface area contributed by atoms with Crippen molar-refractivity contribution in [2.75, 3.05) is 32.7 Å². The maximum atomic E-state index is 9.86. The minimum absolute atomic E-state index is 0.308. The minimum atomic E-state index is -0.308. The summed E-state index contributed by atoms with van der Waals surface area (Å²) in [6.45, 7) is 5.49. The van der Waals surface area contributed by atoms with Crippen molar-refractivity contribution < 1.29 is 5.11 Å². The fourth-order valence-corrected chi connectivity index (χ4v) is 1.89. The zero-order valence-corrected chi connectivity index (χ0v) is 8.84. The Bertz CT molecular complexity index is 269. The number of piperazine rings is 1. The minimum Gasteiger partial charge on any atom is -0.390 e. The van der Waals surface area contributed by atoms with Crippen molar-refractivity contribution in [2.45, 2.75) is 12.6 Å². The van der Waals surface area contributed by atoms with Crippen molar-refractivity contribution in [3.05, 3.63) is 18.7 Å². The van der Waals surface area contributed by atoms with E-state index in [0.717, 1.165) is 32.7 Å². The van der Waals surface area contributed by atoms with Gasteiger partial charge in [0.25, 0.3) is 0 Å². The van der Waals surface area contributed by atoms with Gasteiger partial charge in [0.05, 0.1) is 19.0 Å². The zero-order valence-electron chi connectivity index (χ0n) is 8.84. The molecule has 1 aromatic rings. The van der Waals surface area contributed by atoms with E-state index in [4.69, 9.17) is 0 Å². The second-order valence-corrected chi connectivity index (χ2v) is 3.96. The molecule has 1 fully saturated rings. The summed E-state index contributed by atoms with van der Waals surface area (Å²) < 4.78 is 1.91. The molecule has 1 atom stereocenters. The molecule has 84 valence electrons. The zero-order chi connectivity index (χ0) is 10.5. The van der Waals surface area contributed by atoms with Crippen molar-refractivity contribution >= 4 is 0 Å². The van der Waals surface area contributed by atoms with Crippen LogP contribution in [-0.4, -0.2) is 58.4 Å². The molecule has 0 bridgehead atoms. The lowest BCUT2D eigenvalue weighted by atomic mass is 10.3. The highest BCUT2D eigenvalue weighted by molar-refractivity contribution is 4.77. The molecule has 0 amide bonds. The van der Waals surface area contributed by atoms with Crippen molar-refractivity contribution in [1.29, 1.82) is 0 Å². The van der Waals surface area contributed by atoms with Crippen LogP contribution in [0.3, 0.4) is 0 Å². The number of nitrogens with zero attached hydrogens (tertiary/aromatic N) is 3. The van der Waals surface area contributed by atoms with Crippen LogP contribution in [0, 0.1) is 0 Å². The van der Waals surface area contributed by atoms with E-state index in [-0.39, 0.29) is 6.10 Å². The van der Waals surface area contributed by atoms with Crippen LogP contribution in [0.2, 0.25) is 0 Å². The van der Waals surface area contributed by atoms with Crippen molar-refractivity contribution in [2.24, 2.45) is 0 Å². The first-order chi connectivity index (χ1) is 7.34. The summed E-state index contributed by atoms with van der Waals surface area (Å²) in [5.41, 5.74) is 0. The Morgan fingerprint density at radius 3 is 2.80 bits per heavy atom. The second kappa shape index (κ2) is 5.25. The predicted molar refractivity (Wildman–Crippen MR) is 57.5 cm³/mol. The van der Waals surface area contributed by atoms with Gasteiger partial charge in [-0.1, -0.05) is 0 Å². The van der Waals surface area contributed by atoms with Crippen LogP contribution in [0.5, 0.6) is 0 Å². The van der Waals surface area contributed by atoms with E-state index in [1.165, 1.54) is 0 Å². The Balaban J connectivity index is 1.74. The summed E-state index contributed by atoms with van der Waals surface area (Å²) in [5.74, 6) is 0. The van der Waals surface area contributed by atoms with E-state index >= 15 is 0 Å². The molecule has 0 spiro atoms. The molecule has 0 unspecified atom stereocenters. The fourth-order valence-electron chi connectivity index (χ4n) is 1.89. The summed E-state index contributed by atoms with van der Waals surface area (Å²) in [6.07, 6.45) is 5.04. The van der Waals surface area contributed by atoms with Gasteiger partial charge in [-0.3, -0.25) is 4.90 Å². The SMILES string of the molecule is O[C@@H](CN1CCNCC1)Cn1ccnc1. The number of hydrogen-bond donors (Lipinski definition) is 2. The van der Waals surface area contributed by atoms with E-state index in [9.17, 15) is 5.11 Å². The van der Waals surface area contributed by atoms with Crippen LogP contribution in [0.25, 0.3) is 0 Å². The van der Waals surface area contributed by atoms with Crippen molar-refractivity contribution in [1.82, 2.24) is 19.8 Å². The van der Waals surface area contributed by atoms with E-state index in [1.54, 1.807) is 12.5 Å². The molecule has 2 rings (SSSR count). The smallest absolute Gasteiger partial charge is 0.0946 e. The summed E-state index contributed by atoms with van der Waals surface area (Å²) in [4.78, 5) is 6.24. The number of aliphatic hydroxyl groups is 1. The lowest BCUT2D eigenvalue weighted by Crippen LogP contribution is -2.46. The highest BCUT2D eigenvalue weighted by atomic mass is 16.3. The van der Waals surface area contributed by atoms with Crippen LogP contribution in [-0.2, 0) is 6.54 Å². The van der Waals surface area contributed by atoms with Crippen molar-refractivity contribution in [3.63, 3.8) is 0 Å². The van der Waals surface area contributed by atoms with Gasteiger partial charge in [-0.25, -0.2) is 4.98 Å². The first-order valence-electron chi connectivity index (χ1n) is 5.41. The fraction of sp³-hybridized carbons (Fsp3) is 0.700. The Hall–Kier alpha value is -0.910.